The lowest BCUT2D eigenvalue weighted by Gasteiger charge is -2.38. The van der Waals surface area contributed by atoms with Crippen LogP contribution in [0.1, 0.15) is 26.7 Å². The van der Waals surface area contributed by atoms with Crippen molar-refractivity contribution in [3.63, 3.8) is 0 Å². The molecule has 3 nitrogen and oxygen atoms in total. The van der Waals surface area contributed by atoms with E-state index in [-0.39, 0.29) is 11.8 Å². The first-order valence-electron chi connectivity index (χ1n) is 5.62. The van der Waals surface area contributed by atoms with E-state index in [1.165, 1.54) is 0 Å². The Morgan fingerprint density at radius 1 is 1.47 bits per heavy atom. The van der Waals surface area contributed by atoms with E-state index < -0.39 is 0 Å². The van der Waals surface area contributed by atoms with E-state index in [1.54, 1.807) is 0 Å². The van der Waals surface area contributed by atoms with Gasteiger partial charge in [0, 0.05) is 32.2 Å². The van der Waals surface area contributed by atoms with Crippen LogP contribution in [-0.4, -0.2) is 53.8 Å². The SMILES string of the molecule is CC(C)N1CCC(N(C)C(=O)CCl)CC1. The normalized spacial score (nSPS) is 19.5. The minimum atomic E-state index is 0.0414. The van der Waals surface area contributed by atoms with Gasteiger partial charge >= 0.3 is 0 Å². The van der Waals surface area contributed by atoms with E-state index in [0.717, 1.165) is 25.9 Å². The summed E-state index contributed by atoms with van der Waals surface area (Å²) in [5, 5.41) is 0. The number of hydrogen-bond donors (Lipinski definition) is 0. The fourth-order valence-electron chi connectivity index (χ4n) is 2.09. The van der Waals surface area contributed by atoms with Crippen LogP contribution in [0.15, 0.2) is 0 Å². The molecule has 4 heteroatoms. The fourth-order valence-corrected chi connectivity index (χ4v) is 2.28. The van der Waals surface area contributed by atoms with E-state index in [9.17, 15) is 4.79 Å². The van der Waals surface area contributed by atoms with Gasteiger partial charge in [0.1, 0.15) is 5.88 Å². The summed E-state index contributed by atoms with van der Waals surface area (Å²) in [7, 11) is 1.86. The summed E-state index contributed by atoms with van der Waals surface area (Å²) < 4.78 is 0. The Kier molecular flexibility index (Phi) is 4.87. The van der Waals surface area contributed by atoms with Crippen molar-refractivity contribution in [3.05, 3.63) is 0 Å². The van der Waals surface area contributed by atoms with Crippen molar-refractivity contribution >= 4 is 17.5 Å². The van der Waals surface area contributed by atoms with E-state index in [0.29, 0.717) is 12.1 Å². The van der Waals surface area contributed by atoms with Crippen LogP contribution in [0.3, 0.4) is 0 Å². The van der Waals surface area contributed by atoms with Crippen molar-refractivity contribution in [2.75, 3.05) is 26.0 Å². The summed E-state index contributed by atoms with van der Waals surface area (Å²) in [6, 6.07) is 0.992. The Morgan fingerprint density at radius 2 is 2.00 bits per heavy atom. The minimum Gasteiger partial charge on any atom is -0.342 e. The van der Waals surface area contributed by atoms with Gasteiger partial charge in [-0.05, 0) is 26.7 Å². The fraction of sp³-hybridized carbons (Fsp3) is 0.909. The zero-order valence-electron chi connectivity index (χ0n) is 9.87. The monoisotopic (exact) mass is 232 g/mol. The number of piperidine rings is 1. The molecule has 0 bridgehead atoms. The summed E-state index contributed by atoms with van der Waals surface area (Å²) in [4.78, 5) is 15.7. The Balaban J connectivity index is 2.40. The van der Waals surface area contributed by atoms with Crippen LogP contribution in [0, 0.1) is 0 Å². The summed E-state index contributed by atoms with van der Waals surface area (Å²) in [5.41, 5.74) is 0. The van der Waals surface area contributed by atoms with Crippen molar-refractivity contribution in [3.8, 4) is 0 Å². The number of likely N-dealkylation sites (tertiary alicyclic amines) is 1. The molecule has 1 amide bonds. The maximum absolute atomic E-state index is 11.4. The van der Waals surface area contributed by atoms with Gasteiger partial charge < -0.3 is 9.80 Å². The van der Waals surface area contributed by atoms with Gasteiger partial charge in [0.15, 0.2) is 0 Å². The zero-order valence-corrected chi connectivity index (χ0v) is 10.6. The number of carbonyl (C=O) groups excluding carboxylic acids is 1. The molecule has 0 aliphatic carbocycles. The van der Waals surface area contributed by atoms with Crippen LogP contribution < -0.4 is 0 Å². The second kappa shape index (κ2) is 5.71. The lowest BCUT2D eigenvalue weighted by atomic mass is 10.0. The molecule has 1 rings (SSSR count). The maximum Gasteiger partial charge on any atom is 0.237 e. The molecule has 88 valence electrons. The topological polar surface area (TPSA) is 23.6 Å². The van der Waals surface area contributed by atoms with E-state index >= 15 is 0 Å². The molecule has 0 atom stereocenters. The van der Waals surface area contributed by atoms with Gasteiger partial charge in [0.25, 0.3) is 0 Å². The third-order valence-electron chi connectivity index (χ3n) is 3.28. The number of alkyl halides is 1. The summed E-state index contributed by atoms with van der Waals surface area (Å²) in [6.07, 6.45) is 2.13. The van der Waals surface area contributed by atoms with Gasteiger partial charge in [-0.25, -0.2) is 0 Å². The molecule has 0 aromatic carbocycles. The van der Waals surface area contributed by atoms with Crippen molar-refractivity contribution in [1.82, 2.24) is 9.80 Å². The molecule has 1 saturated heterocycles. The van der Waals surface area contributed by atoms with Crippen molar-refractivity contribution in [2.24, 2.45) is 0 Å². The van der Waals surface area contributed by atoms with Crippen LogP contribution >= 0.6 is 11.6 Å². The third kappa shape index (κ3) is 3.35. The second-order valence-corrected chi connectivity index (χ2v) is 4.77. The first-order chi connectivity index (χ1) is 7.06. The molecular formula is C11H21ClN2O. The standard InChI is InChI=1S/C11H21ClN2O/c1-9(2)14-6-4-10(5-7-14)13(3)11(15)8-12/h9-10H,4-8H2,1-3H3. The summed E-state index contributed by atoms with van der Waals surface area (Å²) in [6.45, 7) is 6.60. The van der Waals surface area contributed by atoms with Crippen LogP contribution in [0.5, 0.6) is 0 Å². The largest absolute Gasteiger partial charge is 0.342 e. The average molecular weight is 233 g/mol. The first-order valence-corrected chi connectivity index (χ1v) is 6.15. The van der Waals surface area contributed by atoms with Gasteiger partial charge in [-0.1, -0.05) is 0 Å². The zero-order chi connectivity index (χ0) is 11.4. The molecule has 1 aliphatic rings. The third-order valence-corrected chi connectivity index (χ3v) is 3.51. The highest BCUT2D eigenvalue weighted by Gasteiger charge is 2.25. The number of rotatable bonds is 3. The Morgan fingerprint density at radius 3 is 2.40 bits per heavy atom. The number of carbonyl (C=O) groups is 1. The lowest BCUT2D eigenvalue weighted by Crippen LogP contribution is -2.47. The molecule has 1 aliphatic heterocycles. The number of halogens is 1. The molecule has 1 fully saturated rings. The quantitative estimate of drug-likeness (QED) is 0.690. The van der Waals surface area contributed by atoms with Crippen molar-refractivity contribution in [1.29, 1.82) is 0 Å². The average Bonchev–Trinajstić information content (AvgIpc) is 2.27. The predicted molar refractivity (Wildman–Crippen MR) is 63.2 cm³/mol. The molecule has 0 aromatic rings. The molecule has 0 radical (unpaired) electrons. The van der Waals surface area contributed by atoms with Crippen molar-refractivity contribution in [2.45, 2.75) is 38.8 Å². The molecule has 0 saturated carbocycles. The van der Waals surface area contributed by atoms with Crippen molar-refractivity contribution < 1.29 is 4.79 Å². The molecular weight excluding hydrogens is 212 g/mol. The molecule has 1 heterocycles. The van der Waals surface area contributed by atoms with E-state index in [1.807, 2.05) is 11.9 Å². The number of nitrogens with zero attached hydrogens (tertiary/aromatic N) is 2. The number of hydrogen-bond acceptors (Lipinski definition) is 2. The highest BCUT2D eigenvalue weighted by molar-refractivity contribution is 6.27. The van der Waals surface area contributed by atoms with Gasteiger partial charge in [0.2, 0.25) is 5.91 Å². The van der Waals surface area contributed by atoms with Crippen LogP contribution in [0.4, 0.5) is 0 Å². The van der Waals surface area contributed by atoms with Gasteiger partial charge in [-0.2, -0.15) is 0 Å². The highest BCUT2D eigenvalue weighted by atomic mass is 35.5. The second-order valence-electron chi connectivity index (χ2n) is 4.50. The van der Waals surface area contributed by atoms with Crippen LogP contribution in [0.25, 0.3) is 0 Å². The maximum atomic E-state index is 11.4. The molecule has 0 spiro atoms. The summed E-state index contributed by atoms with van der Waals surface area (Å²) >= 11 is 5.54. The highest BCUT2D eigenvalue weighted by Crippen LogP contribution is 2.17. The predicted octanol–water partition coefficient (Wildman–Crippen LogP) is 1.56. The van der Waals surface area contributed by atoms with Crippen LogP contribution in [-0.2, 0) is 4.79 Å². The summed E-state index contributed by atoms with van der Waals surface area (Å²) in [5.74, 6) is 0.139. The van der Waals surface area contributed by atoms with Gasteiger partial charge in [-0.3, -0.25) is 4.79 Å². The minimum absolute atomic E-state index is 0.0414. The molecule has 0 N–H and O–H groups in total. The number of amides is 1. The van der Waals surface area contributed by atoms with Crippen LogP contribution in [0.2, 0.25) is 0 Å². The molecule has 15 heavy (non-hydrogen) atoms. The first kappa shape index (κ1) is 12.8. The molecule has 0 aromatic heterocycles. The lowest BCUT2D eigenvalue weighted by molar-refractivity contribution is -0.130. The molecule has 0 unspecified atom stereocenters. The van der Waals surface area contributed by atoms with Gasteiger partial charge in [-0.15, -0.1) is 11.6 Å². The van der Waals surface area contributed by atoms with E-state index in [4.69, 9.17) is 11.6 Å². The Bertz CT molecular complexity index is 213. The smallest absolute Gasteiger partial charge is 0.237 e. The van der Waals surface area contributed by atoms with E-state index in [2.05, 4.69) is 18.7 Å². The Hall–Kier alpha value is -0.280. The van der Waals surface area contributed by atoms with Gasteiger partial charge in [0.05, 0.1) is 0 Å². The Labute approximate surface area is 97.4 Å².